The fourth-order valence-corrected chi connectivity index (χ4v) is 5.61. The second kappa shape index (κ2) is 8.39. The lowest BCUT2D eigenvalue weighted by molar-refractivity contribution is -0.141. The maximum Gasteiger partial charge on any atom is 0.320 e. The molecule has 0 saturated carbocycles. The first-order valence-corrected chi connectivity index (χ1v) is 10.4. The Hall–Kier alpha value is -1.60. The summed E-state index contributed by atoms with van der Waals surface area (Å²) in [6, 6.07) is 4.92. The molecule has 0 radical (unpaired) electrons. The van der Waals surface area contributed by atoms with Crippen molar-refractivity contribution in [2.45, 2.75) is 31.0 Å². The molecular formula is C17H27N2O6P. The number of rotatable bonds is 8. The second-order valence-corrected chi connectivity index (χ2v) is 9.43. The predicted octanol–water partition coefficient (Wildman–Crippen LogP) is 1.44. The molecule has 1 aromatic carbocycles. The van der Waals surface area contributed by atoms with Gasteiger partial charge in [-0.05, 0) is 37.1 Å². The third kappa shape index (κ3) is 4.20. The van der Waals surface area contributed by atoms with Crippen molar-refractivity contribution in [1.82, 2.24) is 4.90 Å². The first kappa shape index (κ1) is 20.7. The number of ether oxygens (including phenoxy) is 1. The molecule has 8 nitrogen and oxygen atoms in total. The van der Waals surface area contributed by atoms with Gasteiger partial charge in [0.05, 0.1) is 7.11 Å². The topological polar surface area (TPSA) is 133 Å². The Morgan fingerprint density at radius 2 is 2.15 bits per heavy atom. The maximum absolute atomic E-state index is 12.7. The molecule has 9 heteroatoms. The quantitative estimate of drug-likeness (QED) is 0.390. The highest BCUT2D eigenvalue weighted by atomic mass is 31.2. The van der Waals surface area contributed by atoms with Crippen LogP contribution in [0.5, 0.6) is 11.5 Å². The van der Waals surface area contributed by atoms with E-state index in [1.165, 1.54) is 13.2 Å². The first-order valence-electron chi connectivity index (χ1n) is 8.59. The Morgan fingerprint density at radius 1 is 1.42 bits per heavy atom. The maximum atomic E-state index is 12.7. The zero-order chi connectivity index (χ0) is 19.4. The van der Waals surface area contributed by atoms with Crippen LogP contribution in [0.15, 0.2) is 18.2 Å². The van der Waals surface area contributed by atoms with Crippen LogP contribution in [0.25, 0.3) is 0 Å². The van der Waals surface area contributed by atoms with E-state index < -0.39 is 18.5 Å². The number of phenols is 1. The van der Waals surface area contributed by atoms with Crippen LogP contribution in [0.3, 0.4) is 0 Å². The summed E-state index contributed by atoms with van der Waals surface area (Å²) in [6.07, 6.45) is 1.18. The Labute approximate surface area is 153 Å². The molecule has 146 valence electrons. The number of hydrogen-bond acceptors (Lipinski definition) is 6. The van der Waals surface area contributed by atoms with Crippen LogP contribution in [-0.4, -0.2) is 64.0 Å². The van der Waals surface area contributed by atoms with Crippen molar-refractivity contribution in [3.8, 4) is 11.5 Å². The fraction of sp³-hybridized carbons (Fsp3) is 0.588. The SMILES string of the molecule is COc1cc(CN2CCP(=O)(O)C(CCCCN)(C(=O)O)C2)ccc1O. The molecule has 2 atom stereocenters. The van der Waals surface area contributed by atoms with Crippen molar-refractivity contribution in [2.24, 2.45) is 5.73 Å². The van der Waals surface area contributed by atoms with Crippen LogP contribution in [0.2, 0.25) is 0 Å². The van der Waals surface area contributed by atoms with Crippen LogP contribution in [-0.2, 0) is 15.9 Å². The van der Waals surface area contributed by atoms with E-state index in [0.29, 0.717) is 38.2 Å². The molecule has 0 amide bonds. The van der Waals surface area contributed by atoms with Crippen LogP contribution in [0.4, 0.5) is 0 Å². The van der Waals surface area contributed by atoms with Gasteiger partial charge >= 0.3 is 5.97 Å². The molecule has 1 aliphatic heterocycles. The average Bonchev–Trinajstić information content (AvgIpc) is 2.59. The molecule has 0 bridgehead atoms. The van der Waals surface area contributed by atoms with Gasteiger partial charge in [-0.15, -0.1) is 0 Å². The van der Waals surface area contributed by atoms with Crippen LogP contribution in [0.1, 0.15) is 24.8 Å². The van der Waals surface area contributed by atoms with Crippen LogP contribution in [0, 0.1) is 0 Å². The van der Waals surface area contributed by atoms with E-state index in [4.69, 9.17) is 10.5 Å². The van der Waals surface area contributed by atoms with Gasteiger partial charge in [0, 0.05) is 25.8 Å². The summed E-state index contributed by atoms with van der Waals surface area (Å²) in [5.74, 6) is -0.871. The minimum absolute atomic E-state index is 0.00384. The molecule has 1 fully saturated rings. The number of benzene rings is 1. The van der Waals surface area contributed by atoms with E-state index in [-0.39, 0.29) is 24.9 Å². The number of nitrogens with two attached hydrogens (primary N) is 1. The van der Waals surface area contributed by atoms with Crippen molar-refractivity contribution in [3.05, 3.63) is 23.8 Å². The highest BCUT2D eigenvalue weighted by Crippen LogP contribution is 2.59. The van der Waals surface area contributed by atoms with Crippen LogP contribution < -0.4 is 10.5 Å². The Morgan fingerprint density at radius 3 is 2.77 bits per heavy atom. The number of methoxy groups -OCH3 is 1. The zero-order valence-electron chi connectivity index (χ0n) is 14.9. The van der Waals surface area contributed by atoms with Gasteiger partial charge in [0.15, 0.2) is 16.7 Å². The van der Waals surface area contributed by atoms with Crippen molar-refractivity contribution >= 4 is 13.3 Å². The number of carbonyl (C=O) groups is 1. The number of phenolic OH excluding ortho intramolecular Hbond substituents is 1. The molecular weight excluding hydrogens is 359 g/mol. The van der Waals surface area contributed by atoms with Gasteiger partial charge in [0.2, 0.25) is 7.37 Å². The Bertz CT molecular complexity index is 698. The summed E-state index contributed by atoms with van der Waals surface area (Å²) in [6.45, 7) is 1.16. The molecule has 1 aliphatic rings. The monoisotopic (exact) mass is 386 g/mol. The van der Waals surface area contributed by atoms with Gasteiger partial charge in [0.25, 0.3) is 0 Å². The average molecular weight is 386 g/mol. The van der Waals surface area contributed by atoms with E-state index in [2.05, 4.69) is 0 Å². The molecule has 1 aromatic rings. The Kier molecular flexibility index (Phi) is 6.69. The lowest BCUT2D eigenvalue weighted by Crippen LogP contribution is -2.53. The third-order valence-electron chi connectivity index (χ3n) is 4.97. The number of carboxylic acid groups (broad SMARTS) is 1. The van der Waals surface area contributed by atoms with Gasteiger partial charge in [0.1, 0.15) is 0 Å². The first-order chi connectivity index (χ1) is 12.3. The van der Waals surface area contributed by atoms with Gasteiger partial charge in [-0.2, -0.15) is 0 Å². The number of hydrogen-bond donors (Lipinski definition) is 4. The number of aliphatic carboxylic acids is 1. The summed E-state index contributed by atoms with van der Waals surface area (Å²) < 4.78 is 17.8. The van der Waals surface area contributed by atoms with Crippen molar-refractivity contribution in [2.75, 3.05) is 32.9 Å². The van der Waals surface area contributed by atoms with E-state index in [0.717, 1.165) is 5.56 Å². The van der Waals surface area contributed by atoms with Gasteiger partial charge in [-0.25, -0.2) is 0 Å². The molecule has 0 aromatic heterocycles. The third-order valence-corrected chi connectivity index (χ3v) is 7.67. The Balaban J connectivity index is 2.22. The lowest BCUT2D eigenvalue weighted by Gasteiger charge is -2.43. The lowest BCUT2D eigenvalue weighted by atomic mass is 9.99. The smallest absolute Gasteiger partial charge is 0.320 e. The second-order valence-electron chi connectivity index (χ2n) is 6.72. The standard InChI is InChI=1S/C17H27N2O6P/c1-25-15-10-13(4-5-14(15)20)11-19-8-9-26(23,24)17(12-19,16(21)22)6-2-3-7-18/h4-5,10,20H,2-3,6-9,11-12,18H2,1H3,(H,21,22)(H,23,24). The molecule has 2 rings (SSSR count). The molecule has 0 aliphatic carbocycles. The molecule has 1 saturated heterocycles. The van der Waals surface area contributed by atoms with Gasteiger partial charge in [-0.3, -0.25) is 14.3 Å². The zero-order valence-corrected chi connectivity index (χ0v) is 15.8. The number of nitrogens with zero attached hydrogens (tertiary/aromatic N) is 1. The van der Waals surface area contributed by atoms with Crippen molar-refractivity contribution in [3.63, 3.8) is 0 Å². The highest BCUT2D eigenvalue weighted by Gasteiger charge is 2.56. The van der Waals surface area contributed by atoms with E-state index >= 15 is 0 Å². The molecule has 1 heterocycles. The number of carboxylic acids is 1. The van der Waals surface area contributed by atoms with Crippen LogP contribution >= 0.6 is 7.37 Å². The molecule has 2 unspecified atom stereocenters. The molecule has 5 N–H and O–H groups in total. The summed E-state index contributed by atoms with van der Waals surface area (Å²) in [5.41, 5.74) is 6.31. The summed E-state index contributed by atoms with van der Waals surface area (Å²) in [5, 5.41) is 17.8. The van der Waals surface area contributed by atoms with Crippen molar-refractivity contribution in [1.29, 1.82) is 0 Å². The largest absolute Gasteiger partial charge is 0.504 e. The van der Waals surface area contributed by atoms with Gasteiger partial charge in [-0.1, -0.05) is 12.5 Å². The van der Waals surface area contributed by atoms with Gasteiger partial charge < -0.3 is 25.6 Å². The number of aromatic hydroxyl groups is 1. The summed E-state index contributed by atoms with van der Waals surface area (Å²) in [7, 11) is -2.38. The molecule has 0 spiro atoms. The molecule has 26 heavy (non-hydrogen) atoms. The van der Waals surface area contributed by atoms with Crippen molar-refractivity contribution < 1.29 is 29.2 Å². The van der Waals surface area contributed by atoms with E-state index in [1.54, 1.807) is 12.1 Å². The number of unbranched alkanes of at least 4 members (excludes halogenated alkanes) is 1. The fourth-order valence-electron chi connectivity index (χ4n) is 3.40. The predicted molar refractivity (Wildman–Crippen MR) is 97.9 cm³/mol. The summed E-state index contributed by atoms with van der Waals surface area (Å²) in [4.78, 5) is 24.3. The minimum atomic E-state index is -3.84. The van der Waals surface area contributed by atoms with E-state index in [9.17, 15) is 24.5 Å². The summed E-state index contributed by atoms with van der Waals surface area (Å²) >= 11 is 0. The van der Waals surface area contributed by atoms with E-state index in [1.807, 2.05) is 4.90 Å². The normalized spacial score (nSPS) is 26.6. The highest BCUT2D eigenvalue weighted by molar-refractivity contribution is 7.61. The minimum Gasteiger partial charge on any atom is -0.504 e.